The van der Waals surface area contributed by atoms with Gasteiger partial charge in [0.05, 0.1) is 18.5 Å². The molecule has 0 fully saturated rings. The lowest BCUT2D eigenvalue weighted by Crippen LogP contribution is -2.11. The van der Waals surface area contributed by atoms with Crippen LogP contribution in [0.15, 0.2) is 30.5 Å². The molecule has 2 rings (SSSR count). The second kappa shape index (κ2) is 5.43. The number of primary amides is 1. The van der Waals surface area contributed by atoms with E-state index in [0.717, 1.165) is 0 Å². The van der Waals surface area contributed by atoms with Crippen molar-refractivity contribution in [1.82, 2.24) is 9.78 Å². The summed E-state index contributed by atoms with van der Waals surface area (Å²) in [6.45, 7) is 1.97. The van der Waals surface area contributed by atoms with Gasteiger partial charge >= 0.3 is 5.97 Å². The van der Waals surface area contributed by atoms with Crippen molar-refractivity contribution < 1.29 is 14.3 Å². The van der Waals surface area contributed by atoms with E-state index < -0.39 is 11.9 Å². The van der Waals surface area contributed by atoms with Crippen LogP contribution in [0.3, 0.4) is 0 Å². The molecule has 0 aliphatic heterocycles. The molecule has 1 aromatic heterocycles. The Morgan fingerprint density at radius 2 is 1.95 bits per heavy atom. The number of hydrogen-bond donors (Lipinski definition) is 2. The summed E-state index contributed by atoms with van der Waals surface area (Å²) in [7, 11) is 0. The van der Waals surface area contributed by atoms with Crippen molar-refractivity contribution in [1.29, 1.82) is 0 Å². The van der Waals surface area contributed by atoms with Crippen LogP contribution < -0.4 is 11.5 Å². The number of nitrogens with two attached hydrogens (primary N) is 2. The second-order valence-electron chi connectivity index (χ2n) is 3.99. The van der Waals surface area contributed by atoms with Crippen molar-refractivity contribution in [3.05, 3.63) is 41.6 Å². The molecule has 0 saturated heterocycles. The molecule has 0 radical (unpaired) electrons. The number of benzene rings is 1. The maximum atomic E-state index is 11.6. The zero-order chi connectivity index (χ0) is 14.7. The molecule has 104 valence electrons. The molecule has 0 aliphatic rings. The molecule has 2 aromatic rings. The van der Waals surface area contributed by atoms with E-state index in [1.165, 1.54) is 10.9 Å². The fourth-order valence-electron chi connectivity index (χ4n) is 1.70. The van der Waals surface area contributed by atoms with Gasteiger partial charge in [-0.05, 0) is 31.2 Å². The number of amides is 1. The number of aromatic nitrogens is 2. The number of nitrogens with zero attached hydrogens (tertiary/aromatic N) is 2. The number of rotatable bonds is 4. The minimum Gasteiger partial charge on any atom is -0.462 e. The van der Waals surface area contributed by atoms with Gasteiger partial charge in [0.1, 0.15) is 11.4 Å². The van der Waals surface area contributed by atoms with Gasteiger partial charge in [0, 0.05) is 5.56 Å². The van der Waals surface area contributed by atoms with Crippen LogP contribution in [-0.2, 0) is 4.74 Å². The highest BCUT2D eigenvalue weighted by Crippen LogP contribution is 2.18. The normalized spacial score (nSPS) is 10.2. The van der Waals surface area contributed by atoms with Gasteiger partial charge in [0.25, 0.3) is 0 Å². The summed E-state index contributed by atoms with van der Waals surface area (Å²) in [5.41, 5.74) is 12.2. The summed E-state index contributed by atoms with van der Waals surface area (Å²) in [5, 5.41) is 4.04. The van der Waals surface area contributed by atoms with E-state index in [1.54, 1.807) is 31.2 Å². The van der Waals surface area contributed by atoms with E-state index in [2.05, 4.69) is 5.10 Å². The lowest BCUT2D eigenvalue weighted by molar-refractivity contribution is 0.0527. The molecule has 0 bridgehead atoms. The zero-order valence-corrected chi connectivity index (χ0v) is 10.9. The van der Waals surface area contributed by atoms with E-state index in [0.29, 0.717) is 11.3 Å². The van der Waals surface area contributed by atoms with E-state index in [9.17, 15) is 9.59 Å². The van der Waals surface area contributed by atoms with Crippen LogP contribution in [0.1, 0.15) is 27.6 Å². The predicted octanol–water partition coefficient (Wildman–Crippen LogP) is 0.730. The molecular weight excluding hydrogens is 260 g/mol. The molecule has 0 atom stereocenters. The Labute approximate surface area is 115 Å². The molecule has 0 aliphatic carbocycles. The number of ether oxygens (including phenoxy) is 1. The van der Waals surface area contributed by atoms with E-state index in [1.807, 2.05) is 0 Å². The quantitative estimate of drug-likeness (QED) is 0.798. The lowest BCUT2D eigenvalue weighted by atomic mass is 10.2. The van der Waals surface area contributed by atoms with E-state index >= 15 is 0 Å². The van der Waals surface area contributed by atoms with Crippen molar-refractivity contribution in [2.24, 2.45) is 5.73 Å². The molecule has 1 aromatic carbocycles. The highest BCUT2D eigenvalue weighted by molar-refractivity contribution is 5.94. The van der Waals surface area contributed by atoms with Crippen LogP contribution >= 0.6 is 0 Å². The van der Waals surface area contributed by atoms with Gasteiger partial charge in [0.15, 0.2) is 0 Å². The van der Waals surface area contributed by atoms with Crippen molar-refractivity contribution >= 4 is 17.7 Å². The first-order valence-electron chi connectivity index (χ1n) is 5.95. The van der Waals surface area contributed by atoms with Crippen LogP contribution in [-0.4, -0.2) is 28.3 Å². The SMILES string of the molecule is CCOC(=O)c1cnn(-c2ccc(C(N)=O)cc2)c1N. The minimum atomic E-state index is -0.523. The fraction of sp³-hybridized carbons (Fsp3) is 0.154. The standard InChI is InChI=1S/C13H14N4O3/c1-2-20-13(19)10-7-16-17(11(10)14)9-5-3-8(4-6-9)12(15)18/h3-7H,2,14H2,1H3,(H2,15,18). The number of esters is 1. The van der Waals surface area contributed by atoms with Gasteiger partial charge in [-0.25, -0.2) is 9.48 Å². The Hall–Kier alpha value is -2.83. The number of carbonyl (C=O) groups is 2. The Morgan fingerprint density at radius 3 is 2.50 bits per heavy atom. The highest BCUT2D eigenvalue weighted by atomic mass is 16.5. The maximum absolute atomic E-state index is 11.6. The first-order valence-corrected chi connectivity index (χ1v) is 5.95. The van der Waals surface area contributed by atoms with Crippen LogP contribution in [0, 0.1) is 0 Å². The van der Waals surface area contributed by atoms with Crippen molar-refractivity contribution in [2.75, 3.05) is 12.3 Å². The van der Waals surface area contributed by atoms with Gasteiger partial charge in [-0.15, -0.1) is 0 Å². The van der Waals surface area contributed by atoms with Crippen LogP contribution in [0.4, 0.5) is 5.82 Å². The molecule has 0 unspecified atom stereocenters. The third kappa shape index (κ3) is 2.46. The third-order valence-corrected chi connectivity index (χ3v) is 2.70. The summed E-state index contributed by atoms with van der Waals surface area (Å²) in [6, 6.07) is 6.39. The number of carbonyl (C=O) groups excluding carboxylic acids is 2. The minimum absolute atomic E-state index is 0.176. The van der Waals surface area contributed by atoms with Crippen LogP contribution in [0.25, 0.3) is 5.69 Å². The Bertz CT molecular complexity index is 646. The molecule has 0 spiro atoms. The van der Waals surface area contributed by atoms with E-state index in [4.69, 9.17) is 16.2 Å². The third-order valence-electron chi connectivity index (χ3n) is 2.70. The summed E-state index contributed by atoms with van der Waals surface area (Å²) in [5.74, 6) is -0.863. The fourth-order valence-corrected chi connectivity index (χ4v) is 1.70. The van der Waals surface area contributed by atoms with Gasteiger partial charge < -0.3 is 16.2 Å². The van der Waals surface area contributed by atoms with Gasteiger partial charge in [-0.2, -0.15) is 5.10 Å². The first kappa shape index (κ1) is 13.6. The van der Waals surface area contributed by atoms with Crippen molar-refractivity contribution in [2.45, 2.75) is 6.92 Å². The summed E-state index contributed by atoms with van der Waals surface area (Å²) in [6.07, 6.45) is 1.34. The average molecular weight is 274 g/mol. The monoisotopic (exact) mass is 274 g/mol. The highest BCUT2D eigenvalue weighted by Gasteiger charge is 2.17. The molecule has 20 heavy (non-hydrogen) atoms. The zero-order valence-electron chi connectivity index (χ0n) is 10.9. The predicted molar refractivity (Wildman–Crippen MR) is 72.5 cm³/mol. The van der Waals surface area contributed by atoms with Crippen LogP contribution in [0.2, 0.25) is 0 Å². The average Bonchev–Trinajstić information content (AvgIpc) is 2.81. The second-order valence-corrected chi connectivity index (χ2v) is 3.99. The van der Waals surface area contributed by atoms with E-state index in [-0.39, 0.29) is 18.0 Å². The molecule has 1 heterocycles. The van der Waals surface area contributed by atoms with Gasteiger partial charge in [0.2, 0.25) is 5.91 Å². The molecule has 7 nitrogen and oxygen atoms in total. The number of nitrogen functional groups attached to an aromatic ring is 1. The Kier molecular flexibility index (Phi) is 3.69. The first-order chi connectivity index (χ1) is 9.54. The number of hydrogen-bond acceptors (Lipinski definition) is 5. The summed E-state index contributed by atoms with van der Waals surface area (Å²) in [4.78, 5) is 22.6. The molecule has 4 N–H and O–H groups in total. The maximum Gasteiger partial charge on any atom is 0.343 e. The number of anilines is 1. The topological polar surface area (TPSA) is 113 Å². The Morgan fingerprint density at radius 1 is 1.30 bits per heavy atom. The molecule has 1 amide bonds. The Balaban J connectivity index is 2.34. The van der Waals surface area contributed by atoms with Gasteiger partial charge in [-0.3, -0.25) is 4.79 Å². The largest absolute Gasteiger partial charge is 0.462 e. The lowest BCUT2D eigenvalue weighted by Gasteiger charge is -2.05. The van der Waals surface area contributed by atoms with Crippen molar-refractivity contribution in [3.63, 3.8) is 0 Å². The van der Waals surface area contributed by atoms with Crippen LogP contribution in [0.5, 0.6) is 0 Å². The molecule has 7 heteroatoms. The molecular formula is C13H14N4O3. The smallest absolute Gasteiger partial charge is 0.343 e. The van der Waals surface area contributed by atoms with Crippen molar-refractivity contribution in [3.8, 4) is 5.69 Å². The molecule has 0 saturated carbocycles. The summed E-state index contributed by atoms with van der Waals surface area (Å²) >= 11 is 0. The van der Waals surface area contributed by atoms with Gasteiger partial charge in [-0.1, -0.05) is 0 Å². The summed E-state index contributed by atoms with van der Waals surface area (Å²) < 4.78 is 6.26.